The quantitative estimate of drug-likeness (QED) is 0.780. The second-order valence-electron chi connectivity index (χ2n) is 6.85. The number of nitrogens with zero attached hydrogens (tertiary/aromatic N) is 1. The van der Waals surface area contributed by atoms with Gasteiger partial charge in [-0.1, -0.05) is 11.6 Å². The van der Waals surface area contributed by atoms with E-state index in [9.17, 15) is 4.79 Å². The van der Waals surface area contributed by atoms with Gasteiger partial charge < -0.3 is 25.4 Å². The summed E-state index contributed by atoms with van der Waals surface area (Å²) in [5.41, 5.74) is 6.60. The first-order valence-corrected chi connectivity index (χ1v) is 9.18. The number of piperidine rings is 1. The van der Waals surface area contributed by atoms with Crippen molar-refractivity contribution < 1.29 is 14.3 Å². The van der Waals surface area contributed by atoms with Crippen LogP contribution in [0.4, 0.5) is 5.69 Å². The van der Waals surface area contributed by atoms with Crippen LogP contribution in [0.3, 0.4) is 0 Å². The smallest absolute Gasteiger partial charge is 0.255 e. The summed E-state index contributed by atoms with van der Waals surface area (Å²) in [5.74, 6) is 0.937. The standard InChI is InChI=1S/C18H26ClN3O3/c1-24-17-9-16(20)15(19)8-14(17)18(23)21-13-2-5-22(6-3-13)10-12-4-7-25-11-12/h8-9,12-13H,2-7,10-11,20H2,1H3,(H,21,23). The fourth-order valence-corrected chi connectivity index (χ4v) is 3.69. The number of halogens is 1. The van der Waals surface area contributed by atoms with Crippen molar-refractivity contribution in [3.05, 3.63) is 22.7 Å². The lowest BCUT2D eigenvalue weighted by molar-refractivity contribution is 0.0900. The third-order valence-corrected chi connectivity index (χ3v) is 5.35. The van der Waals surface area contributed by atoms with Gasteiger partial charge in [-0.05, 0) is 31.2 Å². The summed E-state index contributed by atoms with van der Waals surface area (Å²) in [4.78, 5) is 15.1. The second-order valence-corrected chi connectivity index (χ2v) is 7.26. The number of benzene rings is 1. The molecule has 1 unspecified atom stereocenters. The molecule has 7 heteroatoms. The van der Waals surface area contributed by atoms with Gasteiger partial charge in [0.1, 0.15) is 5.75 Å². The molecule has 0 spiro atoms. The Kier molecular flexibility index (Phi) is 6.04. The van der Waals surface area contributed by atoms with Crippen LogP contribution in [0.25, 0.3) is 0 Å². The summed E-state index contributed by atoms with van der Waals surface area (Å²) < 4.78 is 10.7. The van der Waals surface area contributed by atoms with Gasteiger partial charge in [0.15, 0.2) is 0 Å². The second kappa shape index (κ2) is 8.25. The number of likely N-dealkylation sites (tertiary alicyclic amines) is 1. The van der Waals surface area contributed by atoms with Crippen LogP contribution in [0.2, 0.25) is 5.02 Å². The minimum atomic E-state index is -0.165. The number of nitrogens with one attached hydrogen (secondary N) is 1. The van der Waals surface area contributed by atoms with E-state index < -0.39 is 0 Å². The largest absolute Gasteiger partial charge is 0.496 e. The Balaban J connectivity index is 1.53. The molecule has 0 aromatic heterocycles. The first kappa shape index (κ1) is 18.3. The van der Waals surface area contributed by atoms with Crippen molar-refractivity contribution in [3.8, 4) is 5.75 Å². The van der Waals surface area contributed by atoms with E-state index in [-0.39, 0.29) is 11.9 Å². The molecule has 0 bridgehead atoms. The van der Waals surface area contributed by atoms with Crippen molar-refractivity contribution in [2.24, 2.45) is 5.92 Å². The van der Waals surface area contributed by atoms with E-state index in [4.69, 9.17) is 26.8 Å². The molecule has 0 saturated carbocycles. The molecule has 2 aliphatic heterocycles. The number of hydrogen-bond acceptors (Lipinski definition) is 5. The molecular weight excluding hydrogens is 342 g/mol. The van der Waals surface area contributed by atoms with Gasteiger partial charge in [-0.2, -0.15) is 0 Å². The Hall–Kier alpha value is -1.50. The van der Waals surface area contributed by atoms with Crippen molar-refractivity contribution in [3.63, 3.8) is 0 Å². The highest BCUT2D eigenvalue weighted by Gasteiger charge is 2.25. The Bertz CT molecular complexity index is 612. The predicted molar refractivity (Wildman–Crippen MR) is 98.3 cm³/mol. The highest BCUT2D eigenvalue weighted by atomic mass is 35.5. The Morgan fingerprint density at radius 1 is 1.40 bits per heavy atom. The minimum absolute atomic E-state index is 0.165. The lowest BCUT2D eigenvalue weighted by Crippen LogP contribution is -2.45. The molecule has 3 rings (SSSR count). The molecule has 1 amide bonds. The van der Waals surface area contributed by atoms with Gasteiger partial charge in [-0.3, -0.25) is 4.79 Å². The van der Waals surface area contributed by atoms with Crippen LogP contribution in [0, 0.1) is 5.92 Å². The molecule has 1 atom stereocenters. The van der Waals surface area contributed by atoms with E-state index in [0.717, 1.165) is 52.1 Å². The molecule has 2 aliphatic rings. The van der Waals surface area contributed by atoms with Crippen LogP contribution in [-0.4, -0.2) is 56.8 Å². The predicted octanol–water partition coefficient (Wildman–Crippen LogP) is 2.16. The number of ether oxygens (including phenoxy) is 2. The molecule has 2 heterocycles. The first-order chi connectivity index (χ1) is 12.1. The number of carbonyl (C=O) groups is 1. The van der Waals surface area contributed by atoms with Crippen molar-refractivity contribution in [1.29, 1.82) is 0 Å². The average Bonchev–Trinajstić information content (AvgIpc) is 3.11. The maximum atomic E-state index is 12.6. The number of carbonyl (C=O) groups excluding carboxylic acids is 1. The summed E-state index contributed by atoms with van der Waals surface area (Å²) in [5, 5.41) is 3.46. The molecule has 6 nitrogen and oxygen atoms in total. The van der Waals surface area contributed by atoms with Gasteiger partial charge in [0, 0.05) is 38.3 Å². The number of nitrogens with two attached hydrogens (primary N) is 1. The van der Waals surface area contributed by atoms with Crippen LogP contribution in [-0.2, 0) is 4.74 Å². The van der Waals surface area contributed by atoms with Gasteiger partial charge in [-0.25, -0.2) is 0 Å². The van der Waals surface area contributed by atoms with Crippen LogP contribution in [0.15, 0.2) is 12.1 Å². The Labute approximate surface area is 153 Å². The number of nitrogen functional groups attached to an aromatic ring is 1. The summed E-state index contributed by atoms with van der Waals surface area (Å²) in [6.07, 6.45) is 3.06. The van der Waals surface area contributed by atoms with Crippen LogP contribution in [0.1, 0.15) is 29.6 Å². The van der Waals surface area contributed by atoms with E-state index in [0.29, 0.717) is 27.9 Å². The zero-order valence-electron chi connectivity index (χ0n) is 14.6. The molecule has 3 N–H and O–H groups in total. The van der Waals surface area contributed by atoms with Crippen molar-refractivity contribution in [1.82, 2.24) is 10.2 Å². The third-order valence-electron chi connectivity index (χ3n) is 5.03. The number of rotatable bonds is 5. The van der Waals surface area contributed by atoms with Crippen molar-refractivity contribution >= 4 is 23.2 Å². The van der Waals surface area contributed by atoms with Crippen LogP contribution in [0.5, 0.6) is 5.75 Å². The fourth-order valence-electron chi connectivity index (χ4n) is 3.53. The highest BCUT2D eigenvalue weighted by molar-refractivity contribution is 6.33. The zero-order chi connectivity index (χ0) is 17.8. The highest BCUT2D eigenvalue weighted by Crippen LogP contribution is 2.29. The molecule has 0 radical (unpaired) electrons. The molecule has 0 aliphatic carbocycles. The van der Waals surface area contributed by atoms with E-state index in [1.54, 1.807) is 12.1 Å². The minimum Gasteiger partial charge on any atom is -0.496 e. The topological polar surface area (TPSA) is 76.8 Å². The van der Waals surface area contributed by atoms with Gasteiger partial charge in [0.05, 0.1) is 30.0 Å². The van der Waals surface area contributed by atoms with E-state index in [1.165, 1.54) is 7.11 Å². The number of anilines is 1. The normalized spacial score (nSPS) is 22.1. The maximum Gasteiger partial charge on any atom is 0.255 e. The van der Waals surface area contributed by atoms with Crippen molar-refractivity contribution in [2.75, 3.05) is 45.7 Å². The van der Waals surface area contributed by atoms with Crippen LogP contribution >= 0.6 is 11.6 Å². The molecular formula is C18H26ClN3O3. The average molecular weight is 368 g/mol. The molecule has 138 valence electrons. The number of hydrogen-bond donors (Lipinski definition) is 2. The molecule has 25 heavy (non-hydrogen) atoms. The van der Waals surface area contributed by atoms with Gasteiger partial charge in [-0.15, -0.1) is 0 Å². The third kappa shape index (κ3) is 4.57. The fraction of sp³-hybridized carbons (Fsp3) is 0.611. The lowest BCUT2D eigenvalue weighted by atomic mass is 10.0. The number of methoxy groups -OCH3 is 1. The number of amides is 1. The summed E-state index contributed by atoms with van der Waals surface area (Å²) in [6.45, 7) is 4.88. The Morgan fingerprint density at radius 3 is 2.80 bits per heavy atom. The summed E-state index contributed by atoms with van der Waals surface area (Å²) >= 11 is 6.05. The van der Waals surface area contributed by atoms with Crippen LogP contribution < -0.4 is 15.8 Å². The summed E-state index contributed by atoms with van der Waals surface area (Å²) in [6, 6.07) is 3.33. The maximum absolute atomic E-state index is 12.6. The van der Waals surface area contributed by atoms with Gasteiger partial charge in [0.25, 0.3) is 5.91 Å². The van der Waals surface area contributed by atoms with Crippen molar-refractivity contribution in [2.45, 2.75) is 25.3 Å². The molecule has 1 aromatic carbocycles. The SMILES string of the molecule is COc1cc(N)c(Cl)cc1C(=O)NC1CCN(CC2CCOC2)CC1. The van der Waals surface area contributed by atoms with E-state index in [2.05, 4.69) is 10.2 Å². The lowest BCUT2D eigenvalue weighted by Gasteiger charge is -2.33. The van der Waals surface area contributed by atoms with E-state index in [1.807, 2.05) is 0 Å². The van der Waals surface area contributed by atoms with E-state index >= 15 is 0 Å². The monoisotopic (exact) mass is 367 g/mol. The molecule has 2 fully saturated rings. The van der Waals surface area contributed by atoms with Gasteiger partial charge in [0.2, 0.25) is 0 Å². The molecule has 1 aromatic rings. The molecule has 2 saturated heterocycles. The first-order valence-electron chi connectivity index (χ1n) is 8.80. The summed E-state index contributed by atoms with van der Waals surface area (Å²) in [7, 11) is 1.52. The van der Waals surface area contributed by atoms with Gasteiger partial charge >= 0.3 is 0 Å². The zero-order valence-corrected chi connectivity index (χ0v) is 15.3. The Morgan fingerprint density at radius 2 is 2.16 bits per heavy atom.